The minimum Gasteiger partial charge on any atom is -0.399 e. The third-order valence-electron chi connectivity index (χ3n) is 4.25. The Balaban J connectivity index is 2.45. The summed E-state index contributed by atoms with van der Waals surface area (Å²) in [6, 6.07) is 1.30. The van der Waals surface area contributed by atoms with Crippen molar-refractivity contribution in [3.05, 3.63) is 28.2 Å². The van der Waals surface area contributed by atoms with Gasteiger partial charge in [0, 0.05) is 13.2 Å². The normalized spacial score (nSPS) is 19.3. The molecule has 2 heterocycles. The van der Waals surface area contributed by atoms with E-state index in [-0.39, 0.29) is 5.56 Å². The van der Waals surface area contributed by atoms with Gasteiger partial charge in [-0.25, -0.2) is 13.1 Å². The summed E-state index contributed by atoms with van der Waals surface area (Å²) >= 11 is 0. The SMILES string of the molecule is Cn1cc(B2OC(C)(C)C(C)(C)O2)cc(C(=O)NS(C)(=O)=O)c1=O. The topological polar surface area (TPSA) is 104 Å². The number of rotatable bonds is 3. The quantitative estimate of drug-likeness (QED) is 0.724. The molecule has 0 atom stereocenters. The number of aryl methyl sites for hydroxylation is 1. The standard InChI is InChI=1S/C14H21BN2O6S/c1-13(2)14(3,4)23-15(22-13)9-7-10(12(19)17(5)8-9)11(18)16-24(6,20)21/h7-8H,1-6H3,(H,16,18). The van der Waals surface area contributed by atoms with Gasteiger partial charge in [0.1, 0.15) is 5.56 Å². The summed E-state index contributed by atoms with van der Waals surface area (Å²) in [6.07, 6.45) is 2.34. The van der Waals surface area contributed by atoms with Crippen LogP contribution >= 0.6 is 0 Å². The van der Waals surface area contributed by atoms with Crippen molar-refractivity contribution in [2.75, 3.05) is 6.26 Å². The molecule has 0 bridgehead atoms. The van der Waals surface area contributed by atoms with Crippen LogP contribution in [0.4, 0.5) is 0 Å². The predicted octanol–water partition coefficient (Wildman–Crippen LogP) is -0.626. The highest BCUT2D eigenvalue weighted by Crippen LogP contribution is 2.36. The Labute approximate surface area is 141 Å². The first-order valence-corrected chi connectivity index (χ1v) is 9.21. The minimum absolute atomic E-state index is 0.296. The molecule has 0 aromatic carbocycles. The van der Waals surface area contributed by atoms with Crippen molar-refractivity contribution in [3.63, 3.8) is 0 Å². The highest BCUT2D eigenvalue weighted by molar-refractivity contribution is 7.89. The molecule has 1 aliphatic rings. The van der Waals surface area contributed by atoms with Crippen molar-refractivity contribution in [1.82, 2.24) is 9.29 Å². The second kappa shape index (κ2) is 5.71. The second-order valence-corrected chi connectivity index (χ2v) is 8.64. The van der Waals surface area contributed by atoms with Crippen LogP contribution in [0.5, 0.6) is 0 Å². The van der Waals surface area contributed by atoms with E-state index < -0.39 is 39.8 Å². The number of nitrogens with zero attached hydrogens (tertiary/aromatic N) is 1. The minimum atomic E-state index is -3.78. The number of sulfonamides is 1. The Hall–Kier alpha value is -1.65. The van der Waals surface area contributed by atoms with Gasteiger partial charge in [-0.05, 0) is 39.2 Å². The lowest BCUT2D eigenvalue weighted by molar-refractivity contribution is 0.00578. The number of hydrogen-bond acceptors (Lipinski definition) is 6. The first-order valence-electron chi connectivity index (χ1n) is 7.32. The van der Waals surface area contributed by atoms with Gasteiger partial charge in [0.05, 0.1) is 17.5 Å². The van der Waals surface area contributed by atoms with Crippen LogP contribution in [0.25, 0.3) is 0 Å². The van der Waals surface area contributed by atoms with Gasteiger partial charge in [0.25, 0.3) is 11.5 Å². The highest BCUT2D eigenvalue weighted by atomic mass is 32.2. The Morgan fingerprint density at radius 2 is 1.71 bits per heavy atom. The zero-order chi connectivity index (χ0) is 18.5. The molecule has 0 radical (unpaired) electrons. The Kier molecular flexibility index (Phi) is 4.45. The predicted molar refractivity (Wildman–Crippen MR) is 89.7 cm³/mol. The van der Waals surface area contributed by atoms with Gasteiger partial charge in [-0.1, -0.05) is 0 Å². The van der Waals surface area contributed by atoms with Gasteiger partial charge in [0.15, 0.2) is 0 Å². The molecule has 1 aromatic heterocycles. The van der Waals surface area contributed by atoms with Gasteiger partial charge in [-0.2, -0.15) is 0 Å². The van der Waals surface area contributed by atoms with Gasteiger partial charge < -0.3 is 13.9 Å². The Morgan fingerprint density at radius 3 is 2.17 bits per heavy atom. The molecule has 8 nitrogen and oxygen atoms in total. The molecule has 1 N–H and O–H groups in total. The summed E-state index contributed by atoms with van der Waals surface area (Å²) in [5.74, 6) is -0.989. The van der Waals surface area contributed by atoms with Crippen LogP contribution in [0.2, 0.25) is 0 Å². The monoisotopic (exact) mass is 356 g/mol. The van der Waals surface area contributed by atoms with E-state index in [0.717, 1.165) is 6.26 Å². The molecule has 0 saturated carbocycles. The maximum atomic E-state index is 12.1. The molecule has 1 aromatic rings. The number of hydrogen-bond donors (Lipinski definition) is 1. The van der Waals surface area contributed by atoms with E-state index in [9.17, 15) is 18.0 Å². The maximum Gasteiger partial charge on any atom is 0.496 e. The number of carbonyl (C=O) groups excluding carboxylic acids is 1. The molecular weight excluding hydrogens is 335 g/mol. The fourth-order valence-corrected chi connectivity index (χ4v) is 2.68. The number of pyridine rings is 1. The van der Waals surface area contributed by atoms with Gasteiger partial charge >= 0.3 is 7.12 Å². The van der Waals surface area contributed by atoms with Gasteiger partial charge in [-0.15, -0.1) is 0 Å². The Morgan fingerprint density at radius 1 is 1.21 bits per heavy atom. The zero-order valence-electron chi connectivity index (χ0n) is 14.5. The average Bonchev–Trinajstić information content (AvgIpc) is 2.59. The van der Waals surface area contributed by atoms with E-state index >= 15 is 0 Å². The molecule has 0 spiro atoms. The van der Waals surface area contributed by atoms with Crippen molar-refractivity contribution in [1.29, 1.82) is 0 Å². The summed E-state index contributed by atoms with van der Waals surface area (Å²) in [7, 11) is -3.09. The van der Waals surface area contributed by atoms with Crippen molar-refractivity contribution in [3.8, 4) is 0 Å². The van der Waals surface area contributed by atoms with E-state index in [1.807, 2.05) is 27.7 Å². The Bertz CT molecular complexity index is 827. The van der Waals surface area contributed by atoms with Crippen LogP contribution < -0.4 is 15.7 Å². The lowest BCUT2D eigenvalue weighted by Crippen LogP contribution is -2.41. The molecule has 1 saturated heterocycles. The lowest BCUT2D eigenvalue weighted by Gasteiger charge is -2.32. The zero-order valence-corrected chi connectivity index (χ0v) is 15.4. The van der Waals surface area contributed by atoms with Crippen molar-refractivity contribution < 1.29 is 22.5 Å². The molecule has 0 aliphatic carbocycles. The van der Waals surface area contributed by atoms with Crippen LogP contribution in [0.3, 0.4) is 0 Å². The van der Waals surface area contributed by atoms with Crippen molar-refractivity contribution >= 4 is 28.5 Å². The van der Waals surface area contributed by atoms with Crippen LogP contribution in [0.15, 0.2) is 17.1 Å². The first-order chi connectivity index (χ1) is 10.7. The lowest BCUT2D eigenvalue weighted by atomic mass is 9.79. The van der Waals surface area contributed by atoms with Gasteiger partial charge in [0.2, 0.25) is 10.0 Å². The number of amides is 1. The van der Waals surface area contributed by atoms with Crippen LogP contribution in [0, 0.1) is 0 Å². The molecule has 0 unspecified atom stereocenters. The van der Waals surface area contributed by atoms with E-state index in [2.05, 4.69) is 0 Å². The van der Waals surface area contributed by atoms with Crippen molar-refractivity contribution in [2.24, 2.45) is 7.05 Å². The van der Waals surface area contributed by atoms with E-state index in [0.29, 0.717) is 5.46 Å². The maximum absolute atomic E-state index is 12.1. The number of nitrogens with one attached hydrogen (secondary N) is 1. The van der Waals surface area contributed by atoms with Crippen molar-refractivity contribution in [2.45, 2.75) is 38.9 Å². The van der Waals surface area contributed by atoms with E-state index in [1.54, 1.807) is 4.72 Å². The largest absolute Gasteiger partial charge is 0.496 e. The molecule has 1 amide bonds. The number of aromatic nitrogens is 1. The van der Waals surface area contributed by atoms with E-state index in [1.165, 1.54) is 23.9 Å². The molecule has 132 valence electrons. The fraction of sp³-hybridized carbons (Fsp3) is 0.571. The smallest absolute Gasteiger partial charge is 0.399 e. The van der Waals surface area contributed by atoms with E-state index in [4.69, 9.17) is 9.31 Å². The third-order valence-corrected chi connectivity index (χ3v) is 4.81. The summed E-state index contributed by atoms with van der Waals surface area (Å²) in [5.41, 5.74) is -1.62. The van der Waals surface area contributed by atoms with Crippen LogP contribution in [-0.2, 0) is 26.4 Å². The summed E-state index contributed by atoms with van der Waals surface area (Å²) < 4.78 is 37.2. The summed E-state index contributed by atoms with van der Waals surface area (Å²) in [5, 5.41) is 0. The van der Waals surface area contributed by atoms with Crippen LogP contribution in [-0.4, -0.2) is 43.5 Å². The summed E-state index contributed by atoms with van der Waals surface area (Å²) in [6.45, 7) is 7.52. The van der Waals surface area contributed by atoms with Crippen LogP contribution in [0.1, 0.15) is 38.1 Å². The molecule has 1 fully saturated rings. The number of carbonyl (C=O) groups is 1. The summed E-state index contributed by atoms with van der Waals surface area (Å²) in [4.78, 5) is 24.2. The fourth-order valence-electron chi connectivity index (χ4n) is 2.23. The van der Waals surface area contributed by atoms with Gasteiger partial charge in [-0.3, -0.25) is 9.59 Å². The molecule has 1 aliphatic heterocycles. The highest BCUT2D eigenvalue weighted by Gasteiger charge is 2.52. The second-order valence-electron chi connectivity index (χ2n) is 6.89. The molecule has 2 rings (SSSR count). The third kappa shape index (κ3) is 3.55. The molecular formula is C14H21BN2O6S. The average molecular weight is 356 g/mol. The first kappa shape index (κ1) is 18.7. The molecule has 10 heteroatoms. The molecule has 24 heavy (non-hydrogen) atoms.